The molecule has 0 aromatic carbocycles. The van der Waals surface area contributed by atoms with Crippen molar-refractivity contribution < 1.29 is 19.1 Å². The first-order valence-electron chi connectivity index (χ1n) is 14.8. The third-order valence-corrected chi connectivity index (χ3v) is 7.14. The molecule has 0 aliphatic heterocycles. The van der Waals surface area contributed by atoms with E-state index in [2.05, 4.69) is 34.6 Å². The van der Waals surface area contributed by atoms with E-state index in [1.807, 2.05) is 0 Å². The van der Waals surface area contributed by atoms with Gasteiger partial charge in [0, 0.05) is 12.8 Å². The van der Waals surface area contributed by atoms with Gasteiger partial charge in [0.1, 0.15) is 0 Å². The van der Waals surface area contributed by atoms with E-state index in [0.29, 0.717) is 43.8 Å². The Labute approximate surface area is 212 Å². The summed E-state index contributed by atoms with van der Waals surface area (Å²) in [5.74, 6) is 1.42. The molecule has 0 amide bonds. The number of hydrogen-bond acceptors (Lipinski definition) is 4. The van der Waals surface area contributed by atoms with Crippen LogP contribution >= 0.6 is 0 Å². The highest BCUT2D eigenvalue weighted by atomic mass is 16.5. The van der Waals surface area contributed by atoms with Gasteiger partial charge in [-0.15, -0.1) is 0 Å². The van der Waals surface area contributed by atoms with E-state index in [1.165, 1.54) is 70.6 Å². The minimum atomic E-state index is -0.0212. The average molecular weight is 483 g/mol. The first-order valence-corrected chi connectivity index (χ1v) is 14.8. The van der Waals surface area contributed by atoms with E-state index in [0.717, 1.165) is 32.1 Å². The highest BCUT2D eigenvalue weighted by Crippen LogP contribution is 2.18. The number of unbranched alkanes of at least 4 members (excludes halogenated alkanes) is 8. The van der Waals surface area contributed by atoms with Gasteiger partial charge in [-0.3, -0.25) is 9.59 Å². The highest BCUT2D eigenvalue weighted by molar-refractivity contribution is 5.69. The molecule has 4 heteroatoms. The lowest BCUT2D eigenvalue weighted by atomic mass is 9.98. The van der Waals surface area contributed by atoms with Crippen LogP contribution in [-0.4, -0.2) is 25.2 Å². The second-order valence-corrected chi connectivity index (χ2v) is 10.5. The Bertz CT molecular complexity index is 476. The maximum absolute atomic E-state index is 12.1. The van der Waals surface area contributed by atoms with Crippen molar-refractivity contribution in [2.75, 3.05) is 13.2 Å². The normalized spacial score (nSPS) is 13.9. The summed E-state index contributed by atoms with van der Waals surface area (Å²) < 4.78 is 11.0. The minimum Gasteiger partial charge on any atom is -0.465 e. The monoisotopic (exact) mass is 482 g/mol. The van der Waals surface area contributed by atoms with Gasteiger partial charge < -0.3 is 9.47 Å². The van der Waals surface area contributed by atoms with Crippen LogP contribution in [0.15, 0.2) is 0 Å². The number of esters is 2. The largest absolute Gasteiger partial charge is 0.465 e. The van der Waals surface area contributed by atoms with Crippen molar-refractivity contribution in [3.8, 4) is 0 Å². The average Bonchev–Trinajstić information content (AvgIpc) is 2.83. The molecule has 0 rings (SSSR count). The van der Waals surface area contributed by atoms with Crippen molar-refractivity contribution in [2.24, 2.45) is 17.8 Å². The second-order valence-electron chi connectivity index (χ2n) is 10.5. The van der Waals surface area contributed by atoms with E-state index in [-0.39, 0.29) is 11.9 Å². The SMILES string of the molecule is CCCCC(CC)COC(=O)CCCCCCCCCC(C)CC(=O)OCC(CC)CCCC. The van der Waals surface area contributed by atoms with Crippen LogP contribution in [0.25, 0.3) is 0 Å². The number of ether oxygens (including phenoxy) is 2. The van der Waals surface area contributed by atoms with Crippen LogP contribution in [0.2, 0.25) is 0 Å². The first-order chi connectivity index (χ1) is 16.5. The minimum absolute atomic E-state index is 0.0198. The molecule has 0 aromatic heterocycles. The molecule has 0 aromatic rings. The number of rotatable bonds is 24. The molecule has 0 aliphatic rings. The Hall–Kier alpha value is -1.06. The summed E-state index contributed by atoms with van der Waals surface area (Å²) in [6.07, 6.45) is 19.7. The van der Waals surface area contributed by atoms with Crippen LogP contribution in [0.1, 0.15) is 150 Å². The van der Waals surface area contributed by atoms with Crippen LogP contribution in [-0.2, 0) is 19.1 Å². The van der Waals surface area contributed by atoms with Gasteiger partial charge in [-0.1, -0.05) is 118 Å². The Morgan fingerprint density at radius 2 is 1.06 bits per heavy atom. The zero-order valence-electron chi connectivity index (χ0n) is 23.5. The molecular weight excluding hydrogens is 424 g/mol. The van der Waals surface area contributed by atoms with Gasteiger partial charge in [-0.05, 0) is 37.0 Å². The van der Waals surface area contributed by atoms with E-state index in [1.54, 1.807) is 0 Å². The lowest BCUT2D eigenvalue weighted by molar-refractivity contribution is -0.146. The van der Waals surface area contributed by atoms with Crippen molar-refractivity contribution in [3.05, 3.63) is 0 Å². The Morgan fingerprint density at radius 1 is 0.588 bits per heavy atom. The summed E-state index contributed by atoms with van der Waals surface area (Å²) in [5, 5.41) is 0. The highest BCUT2D eigenvalue weighted by Gasteiger charge is 2.13. The molecule has 0 aliphatic carbocycles. The van der Waals surface area contributed by atoms with Crippen molar-refractivity contribution in [1.29, 1.82) is 0 Å². The maximum Gasteiger partial charge on any atom is 0.306 e. The van der Waals surface area contributed by atoms with E-state index in [9.17, 15) is 9.59 Å². The third-order valence-electron chi connectivity index (χ3n) is 7.14. The number of carbonyl (C=O) groups excluding carboxylic acids is 2. The summed E-state index contributed by atoms with van der Waals surface area (Å²) in [6, 6.07) is 0. The molecule has 0 spiro atoms. The fraction of sp³-hybridized carbons (Fsp3) is 0.933. The maximum atomic E-state index is 12.1. The molecule has 0 bridgehead atoms. The Morgan fingerprint density at radius 3 is 1.56 bits per heavy atom. The van der Waals surface area contributed by atoms with Crippen LogP contribution in [0, 0.1) is 17.8 Å². The molecule has 0 saturated carbocycles. The second kappa shape index (κ2) is 23.7. The molecule has 3 unspecified atom stereocenters. The molecule has 4 nitrogen and oxygen atoms in total. The predicted octanol–water partition coefficient (Wildman–Crippen LogP) is 9.04. The summed E-state index contributed by atoms with van der Waals surface area (Å²) in [7, 11) is 0. The smallest absolute Gasteiger partial charge is 0.306 e. The summed E-state index contributed by atoms with van der Waals surface area (Å²) in [6.45, 7) is 12.1. The van der Waals surface area contributed by atoms with Gasteiger partial charge in [0.05, 0.1) is 13.2 Å². The van der Waals surface area contributed by atoms with Crippen molar-refractivity contribution in [3.63, 3.8) is 0 Å². The molecule has 0 radical (unpaired) electrons. The predicted molar refractivity (Wildman–Crippen MR) is 144 cm³/mol. The van der Waals surface area contributed by atoms with Crippen LogP contribution in [0.5, 0.6) is 0 Å². The Kier molecular flexibility index (Phi) is 22.9. The van der Waals surface area contributed by atoms with Crippen molar-refractivity contribution in [1.82, 2.24) is 0 Å². The fourth-order valence-corrected chi connectivity index (χ4v) is 4.38. The molecular formula is C30H58O4. The molecule has 0 heterocycles. The van der Waals surface area contributed by atoms with Gasteiger partial charge >= 0.3 is 11.9 Å². The van der Waals surface area contributed by atoms with Gasteiger partial charge in [0.25, 0.3) is 0 Å². The quantitative estimate of drug-likeness (QED) is 0.102. The molecule has 202 valence electrons. The van der Waals surface area contributed by atoms with Crippen molar-refractivity contribution >= 4 is 11.9 Å². The standard InChI is InChI=1S/C30H58O4/c1-6-10-20-27(8-3)24-33-29(31)22-18-16-14-12-13-15-17-19-26(5)23-30(32)34-25-28(9-4)21-11-7-2/h26-28H,6-25H2,1-5H3. The van der Waals surface area contributed by atoms with Crippen LogP contribution in [0.4, 0.5) is 0 Å². The van der Waals surface area contributed by atoms with E-state index >= 15 is 0 Å². The Balaban J connectivity index is 3.61. The first kappa shape index (κ1) is 32.9. The van der Waals surface area contributed by atoms with Crippen LogP contribution < -0.4 is 0 Å². The molecule has 3 atom stereocenters. The summed E-state index contributed by atoms with van der Waals surface area (Å²) in [4.78, 5) is 24.0. The molecule has 0 fully saturated rings. The summed E-state index contributed by atoms with van der Waals surface area (Å²) >= 11 is 0. The van der Waals surface area contributed by atoms with E-state index < -0.39 is 0 Å². The lowest BCUT2D eigenvalue weighted by Gasteiger charge is -2.16. The molecule has 0 N–H and O–H groups in total. The van der Waals surface area contributed by atoms with E-state index in [4.69, 9.17) is 9.47 Å². The zero-order valence-corrected chi connectivity index (χ0v) is 23.5. The lowest BCUT2D eigenvalue weighted by Crippen LogP contribution is -2.15. The van der Waals surface area contributed by atoms with Gasteiger partial charge in [0.2, 0.25) is 0 Å². The van der Waals surface area contributed by atoms with Crippen molar-refractivity contribution in [2.45, 2.75) is 150 Å². The van der Waals surface area contributed by atoms with Gasteiger partial charge in [-0.2, -0.15) is 0 Å². The fourth-order valence-electron chi connectivity index (χ4n) is 4.38. The third kappa shape index (κ3) is 20.3. The zero-order chi connectivity index (χ0) is 25.4. The van der Waals surface area contributed by atoms with Crippen LogP contribution in [0.3, 0.4) is 0 Å². The van der Waals surface area contributed by atoms with Gasteiger partial charge in [0.15, 0.2) is 0 Å². The molecule has 34 heavy (non-hydrogen) atoms. The van der Waals surface area contributed by atoms with Gasteiger partial charge in [-0.25, -0.2) is 0 Å². The summed E-state index contributed by atoms with van der Waals surface area (Å²) in [5.41, 5.74) is 0. The topological polar surface area (TPSA) is 52.6 Å². The molecule has 0 saturated heterocycles. The number of hydrogen-bond donors (Lipinski definition) is 0. The number of carbonyl (C=O) groups is 2.